The van der Waals surface area contributed by atoms with Gasteiger partial charge in [0.15, 0.2) is 11.5 Å². The van der Waals surface area contributed by atoms with Gasteiger partial charge in [-0.25, -0.2) is 0 Å². The molecule has 18 heavy (non-hydrogen) atoms. The molecule has 0 spiro atoms. The number of aliphatic hydroxyl groups is 1. The fourth-order valence-corrected chi connectivity index (χ4v) is 1.22. The molecule has 0 saturated heterocycles. The van der Waals surface area contributed by atoms with E-state index in [1.807, 2.05) is 20.8 Å². The van der Waals surface area contributed by atoms with Crippen molar-refractivity contribution in [3.8, 4) is 0 Å². The highest BCUT2D eigenvalue weighted by Gasteiger charge is 2.23. The van der Waals surface area contributed by atoms with E-state index >= 15 is 0 Å². The number of hydrogen-bond donors (Lipinski definition) is 2. The molecule has 2 N–H and O–H groups in total. The topological polar surface area (TPSA) is 84.6 Å². The number of aromatic nitrogens is 1. The van der Waals surface area contributed by atoms with Crippen LogP contribution in [0.25, 0.3) is 0 Å². The standard InChI is InChI=1S/C12H20N2O4/c1-12(2,3)10(15)6-13-11(16)9-5-8(7-17-4)18-14-9/h5,10,15H,6-7H2,1-4H3,(H,13,16). The van der Waals surface area contributed by atoms with Gasteiger partial charge in [-0.15, -0.1) is 0 Å². The van der Waals surface area contributed by atoms with Gasteiger partial charge in [-0.3, -0.25) is 4.79 Å². The van der Waals surface area contributed by atoms with E-state index in [0.29, 0.717) is 5.76 Å². The van der Waals surface area contributed by atoms with E-state index in [9.17, 15) is 9.90 Å². The van der Waals surface area contributed by atoms with E-state index in [1.54, 1.807) is 0 Å². The van der Waals surface area contributed by atoms with Gasteiger partial charge in [0.1, 0.15) is 6.61 Å². The lowest BCUT2D eigenvalue weighted by molar-refractivity contribution is 0.0584. The van der Waals surface area contributed by atoms with Gasteiger partial charge < -0.3 is 19.7 Å². The maximum atomic E-state index is 11.7. The summed E-state index contributed by atoms with van der Waals surface area (Å²) in [6, 6.07) is 1.52. The number of ether oxygens (including phenoxy) is 1. The van der Waals surface area contributed by atoms with E-state index in [-0.39, 0.29) is 30.2 Å². The zero-order valence-corrected chi connectivity index (χ0v) is 11.2. The molecule has 1 aromatic heterocycles. The van der Waals surface area contributed by atoms with Crippen LogP contribution in [0.4, 0.5) is 0 Å². The van der Waals surface area contributed by atoms with Crippen LogP contribution in [0.3, 0.4) is 0 Å². The van der Waals surface area contributed by atoms with Crippen molar-refractivity contribution in [1.29, 1.82) is 0 Å². The fourth-order valence-electron chi connectivity index (χ4n) is 1.22. The third kappa shape index (κ3) is 4.12. The minimum atomic E-state index is -0.619. The Hall–Kier alpha value is -1.40. The van der Waals surface area contributed by atoms with Crippen molar-refractivity contribution in [1.82, 2.24) is 10.5 Å². The van der Waals surface area contributed by atoms with Crippen molar-refractivity contribution in [2.24, 2.45) is 5.41 Å². The lowest BCUT2D eigenvalue weighted by Crippen LogP contribution is -2.39. The molecule has 6 nitrogen and oxygen atoms in total. The van der Waals surface area contributed by atoms with Crippen LogP contribution >= 0.6 is 0 Å². The maximum Gasteiger partial charge on any atom is 0.273 e. The number of rotatable bonds is 5. The first-order chi connectivity index (χ1) is 8.34. The summed E-state index contributed by atoms with van der Waals surface area (Å²) in [6.07, 6.45) is -0.619. The first kappa shape index (κ1) is 14.7. The number of hydrogen-bond acceptors (Lipinski definition) is 5. The molecule has 1 rings (SSSR count). The van der Waals surface area contributed by atoms with Gasteiger partial charge in [0.25, 0.3) is 5.91 Å². The SMILES string of the molecule is COCc1cc(C(=O)NCC(O)C(C)(C)C)no1. The minimum absolute atomic E-state index is 0.175. The van der Waals surface area contributed by atoms with Crippen LogP contribution in [-0.2, 0) is 11.3 Å². The molecule has 1 unspecified atom stereocenters. The maximum absolute atomic E-state index is 11.7. The molecule has 1 amide bonds. The van der Waals surface area contributed by atoms with E-state index in [2.05, 4.69) is 10.5 Å². The van der Waals surface area contributed by atoms with Gasteiger partial charge in [0.05, 0.1) is 6.10 Å². The first-order valence-electron chi connectivity index (χ1n) is 5.75. The Bertz CT molecular complexity index is 395. The van der Waals surface area contributed by atoms with E-state index < -0.39 is 6.10 Å². The zero-order valence-electron chi connectivity index (χ0n) is 11.2. The minimum Gasteiger partial charge on any atom is -0.391 e. The second-order valence-electron chi connectivity index (χ2n) is 5.20. The van der Waals surface area contributed by atoms with Crippen LogP contribution in [0.1, 0.15) is 37.0 Å². The fraction of sp³-hybridized carbons (Fsp3) is 0.667. The summed E-state index contributed by atoms with van der Waals surface area (Å²) in [5, 5.41) is 16.0. The highest BCUT2D eigenvalue weighted by Crippen LogP contribution is 2.18. The van der Waals surface area contributed by atoms with E-state index in [4.69, 9.17) is 9.26 Å². The monoisotopic (exact) mass is 256 g/mol. The summed E-state index contributed by atoms with van der Waals surface area (Å²) < 4.78 is 9.76. The van der Waals surface area contributed by atoms with Crippen molar-refractivity contribution >= 4 is 5.91 Å². The number of carbonyl (C=O) groups is 1. The third-order valence-electron chi connectivity index (χ3n) is 2.53. The molecular formula is C12H20N2O4. The Morgan fingerprint density at radius 3 is 2.83 bits per heavy atom. The molecule has 1 atom stereocenters. The van der Waals surface area contributed by atoms with Gasteiger partial charge in [-0.05, 0) is 5.41 Å². The Morgan fingerprint density at radius 1 is 1.61 bits per heavy atom. The van der Waals surface area contributed by atoms with Crippen LogP contribution in [0, 0.1) is 5.41 Å². The molecule has 0 aliphatic rings. The van der Waals surface area contributed by atoms with Gasteiger partial charge in [-0.1, -0.05) is 25.9 Å². The van der Waals surface area contributed by atoms with Gasteiger partial charge in [0, 0.05) is 19.7 Å². The number of methoxy groups -OCH3 is 1. The Labute approximate surface area is 106 Å². The van der Waals surface area contributed by atoms with Crippen LogP contribution in [0.5, 0.6) is 0 Å². The molecule has 0 aromatic carbocycles. The highest BCUT2D eigenvalue weighted by molar-refractivity contribution is 5.92. The smallest absolute Gasteiger partial charge is 0.273 e. The lowest BCUT2D eigenvalue weighted by Gasteiger charge is -2.25. The van der Waals surface area contributed by atoms with Crippen molar-refractivity contribution in [2.45, 2.75) is 33.5 Å². The van der Waals surface area contributed by atoms with E-state index in [1.165, 1.54) is 13.2 Å². The summed E-state index contributed by atoms with van der Waals surface area (Å²) in [5.74, 6) is 0.114. The van der Waals surface area contributed by atoms with Gasteiger partial charge in [-0.2, -0.15) is 0 Å². The molecule has 0 fully saturated rings. The molecule has 6 heteroatoms. The van der Waals surface area contributed by atoms with Gasteiger partial charge in [0.2, 0.25) is 0 Å². The molecule has 0 aliphatic heterocycles. The first-order valence-corrected chi connectivity index (χ1v) is 5.75. The molecule has 1 aromatic rings. The van der Waals surface area contributed by atoms with Crippen LogP contribution in [-0.4, -0.2) is 35.9 Å². The largest absolute Gasteiger partial charge is 0.391 e. The lowest BCUT2D eigenvalue weighted by atomic mass is 9.89. The third-order valence-corrected chi connectivity index (χ3v) is 2.53. The second-order valence-corrected chi connectivity index (χ2v) is 5.20. The number of aliphatic hydroxyl groups excluding tert-OH is 1. The van der Waals surface area contributed by atoms with Crippen molar-refractivity contribution < 1.29 is 19.2 Å². The van der Waals surface area contributed by atoms with Crippen LogP contribution in [0.15, 0.2) is 10.6 Å². The molecule has 0 saturated carbocycles. The molecule has 0 radical (unpaired) electrons. The predicted molar refractivity (Wildman–Crippen MR) is 65.0 cm³/mol. The number of carbonyl (C=O) groups excluding carboxylic acids is 1. The summed E-state index contributed by atoms with van der Waals surface area (Å²) in [7, 11) is 1.53. The second kappa shape index (κ2) is 5.97. The molecule has 0 bridgehead atoms. The number of nitrogens with zero attached hydrogens (tertiary/aromatic N) is 1. The normalized spacial score (nSPS) is 13.4. The van der Waals surface area contributed by atoms with Crippen LogP contribution < -0.4 is 5.32 Å². The Balaban J connectivity index is 2.50. The summed E-state index contributed by atoms with van der Waals surface area (Å²) >= 11 is 0. The molecule has 1 heterocycles. The Kier molecular flexibility index (Phi) is 4.86. The van der Waals surface area contributed by atoms with Crippen molar-refractivity contribution in [3.05, 3.63) is 17.5 Å². The number of amides is 1. The average Bonchev–Trinajstić information content (AvgIpc) is 2.73. The highest BCUT2D eigenvalue weighted by atomic mass is 16.5. The molecular weight excluding hydrogens is 236 g/mol. The molecule has 0 aliphatic carbocycles. The number of nitrogens with one attached hydrogen (secondary N) is 1. The van der Waals surface area contributed by atoms with E-state index in [0.717, 1.165) is 0 Å². The van der Waals surface area contributed by atoms with Crippen molar-refractivity contribution in [2.75, 3.05) is 13.7 Å². The molecule has 102 valence electrons. The van der Waals surface area contributed by atoms with Crippen LogP contribution in [0.2, 0.25) is 0 Å². The quantitative estimate of drug-likeness (QED) is 0.819. The summed E-state index contributed by atoms with van der Waals surface area (Å²) in [4.78, 5) is 11.7. The predicted octanol–water partition coefficient (Wildman–Crippen LogP) is 0.958. The Morgan fingerprint density at radius 2 is 2.28 bits per heavy atom. The summed E-state index contributed by atoms with van der Waals surface area (Å²) in [6.45, 7) is 6.14. The van der Waals surface area contributed by atoms with Crippen molar-refractivity contribution in [3.63, 3.8) is 0 Å². The van der Waals surface area contributed by atoms with Gasteiger partial charge >= 0.3 is 0 Å². The average molecular weight is 256 g/mol. The summed E-state index contributed by atoms with van der Waals surface area (Å²) in [5.41, 5.74) is -0.0960. The zero-order chi connectivity index (χ0) is 13.8.